The van der Waals surface area contributed by atoms with E-state index in [9.17, 15) is 4.79 Å². The normalized spacial score (nSPS) is 10.9. The molecule has 0 aliphatic heterocycles. The fourth-order valence-electron chi connectivity index (χ4n) is 3.16. The molecule has 0 unspecified atom stereocenters. The highest BCUT2D eigenvalue weighted by Gasteiger charge is 2.12. The van der Waals surface area contributed by atoms with Crippen LogP contribution in [0.1, 0.15) is 35.5 Å². The van der Waals surface area contributed by atoms with E-state index in [4.69, 9.17) is 4.74 Å². The van der Waals surface area contributed by atoms with E-state index >= 15 is 0 Å². The van der Waals surface area contributed by atoms with Gasteiger partial charge in [-0.2, -0.15) is 5.10 Å². The summed E-state index contributed by atoms with van der Waals surface area (Å²) in [7, 11) is 1.63. The first-order chi connectivity index (χ1) is 14.1. The zero-order chi connectivity index (χ0) is 20.6. The van der Waals surface area contributed by atoms with Gasteiger partial charge in [0, 0.05) is 19.3 Å². The SMILES string of the molecule is CCN(CC)Cc1ccccc1CNC(=O)c1ccn(-c2ccc(OC)cc2)n1. The summed E-state index contributed by atoms with van der Waals surface area (Å²) in [5, 5.41) is 7.40. The third-order valence-electron chi connectivity index (χ3n) is 5.00. The van der Waals surface area contributed by atoms with E-state index < -0.39 is 0 Å². The molecule has 1 amide bonds. The molecule has 0 fully saturated rings. The monoisotopic (exact) mass is 392 g/mol. The van der Waals surface area contributed by atoms with Crippen LogP contribution in [-0.2, 0) is 13.1 Å². The third-order valence-corrected chi connectivity index (χ3v) is 5.00. The van der Waals surface area contributed by atoms with Crippen molar-refractivity contribution in [2.45, 2.75) is 26.9 Å². The molecule has 6 heteroatoms. The summed E-state index contributed by atoms with van der Waals surface area (Å²) in [5.74, 6) is 0.595. The zero-order valence-electron chi connectivity index (χ0n) is 17.3. The summed E-state index contributed by atoms with van der Waals surface area (Å²) < 4.78 is 6.86. The molecule has 1 aromatic heterocycles. The summed E-state index contributed by atoms with van der Waals surface area (Å²) in [5.41, 5.74) is 3.62. The number of amides is 1. The molecule has 0 radical (unpaired) electrons. The Kier molecular flexibility index (Phi) is 7.03. The van der Waals surface area contributed by atoms with Gasteiger partial charge in [-0.3, -0.25) is 9.69 Å². The van der Waals surface area contributed by atoms with Crippen molar-refractivity contribution in [1.82, 2.24) is 20.0 Å². The Labute approximate surface area is 172 Å². The van der Waals surface area contributed by atoms with Crippen LogP contribution >= 0.6 is 0 Å². The molecule has 0 saturated carbocycles. The molecule has 2 aromatic carbocycles. The molecule has 0 aliphatic rings. The molecule has 29 heavy (non-hydrogen) atoms. The zero-order valence-corrected chi connectivity index (χ0v) is 17.3. The van der Waals surface area contributed by atoms with Gasteiger partial charge >= 0.3 is 0 Å². The lowest BCUT2D eigenvalue weighted by atomic mass is 10.1. The Bertz CT molecular complexity index is 930. The first-order valence-corrected chi connectivity index (χ1v) is 9.92. The number of carbonyl (C=O) groups is 1. The van der Waals surface area contributed by atoms with E-state index in [1.165, 1.54) is 5.56 Å². The number of rotatable bonds is 9. The number of hydrogen-bond donors (Lipinski definition) is 1. The fourth-order valence-corrected chi connectivity index (χ4v) is 3.16. The van der Waals surface area contributed by atoms with Crippen molar-refractivity contribution in [3.05, 3.63) is 77.6 Å². The van der Waals surface area contributed by atoms with Crippen molar-refractivity contribution < 1.29 is 9.53 Å². The van der Waals surface area contributed by atoms with Crippen LogP contribution in [0.25, 0.3) is 5.69 Å². The van der Waals surface area contributed by atoms with E-state index in [2.05, 4.69) is 41.3 Å². The summed E-state index contributed by atoms with van der Waals surface area (Å²) >= 11 is 0. The van der Waals surface area contributed by atoms with Gasteiger partial charge in [0.25, 0.3) is 5.91 Å². The van der Waals surface area contributed by atoms with E-state index in [1.807, 2.05) is 36.4 Å². The molecular formula is C23H28N4O2. The van der Waals surface area contributed by atoms with Gasteiger partial charge in [0.15, 0.2) is 5.69 Å². The molecule has 0 bridgehead atoms. The Morgan fingerprint density at radius 2 is 1.72 bits per heavy atom. The van der Waals surface area contributed by atoms with Crippen molar-refractivity contribution in [2.75, 3.05) is 20.2 Å². The Morgan fingerprint density at radius 3 is 2.38 bits per heavy atom. The maximum Gasteiger partial charge on any atom is 0.272 e. The standard InChI is InChI=1S/C23H28N4O2/c1-4-26(5-2)17-19-9-7-6-8-18(19)16-24-23(28)22-14-15-27(25-22)20-10-12-21(29-3)13-11-20/h6-15H,4-5,16-17H2,1-3H3,(H,24,28). The first kappa shape index (κ1) is 20.6. The van der Waals surface area contributed by atoms with Crippen molar-refractivity contribution in [3.8, 4) is 11.4 Å². The molecule has 152 valence electrons. The largest absolute Gasteiger partial charge is 0.497 e. The van der Waals surface area contributed by atoms with E-state index in [1.54, 1.807) is 24.1 Å². The lowest BCUT2D eigenvalue weighted by Gasteiger charge is -2.20. The van der Waals surface area contributed by atoms with Crippen LogP contribution in [0.5, 0.6) is 5.75 Å². The van der Waals surface area contributed by atoms with Crippen molar-refractivity contribution in [1.29, 1.82) is 0 Å². The molecule has 0 spiro atoms. The smallest absolute Gasteiger partial charge is 0.272 e. The minimum atomic E-state index is -0.185. The minimum Gasteiger partial charge on any atom is -0.497 e. The van der Waals surface area contributed by atoms with Crippen LogP contribution in [0.4, 0.5) is 0 Å². The average Bonchev–Trinajstić information content (AvgIpc) is 3.27. The summed E-state index contributed by atoms with van der Waals surface area (Å²) in [6.45, 7) is 7.68. The van der Waals surface area contributed by atoms with Gasteiger partial charge in [0.1, 0.15) is 5.75 Å². The van der Waals surface area contributed by atoms with Gasteiger partial charge in [-0.05, 0) is 54.5 Å². The number of methoxy groups -OCH3 is 1. The average molecular weight is 393 g/mol. The Hall–Kier alpha value is -3.12. The molecular weight excluding hydrogens is 364 g/mol. The predicted octanol–water partition coefficient (Wildman–Crippen LogP) is 3.65. The van der Waals surface area contributed by atoms with Crippen LogP contribution in [0.2, 0.25) is 0 Å². The molecule has 1 N–H and O–H groups in total. The van der Waals surface area contributed by atoms with Crippen LogP contribution in [0.15, 0.2) is 60.8 Å². The molecule has 3 aromatic rings. The lowest BCUT2D eigenvalue weighted by molar-refractivity contribution is 0.0945. The van der Waals surface area contributed by atoms with Gasteiger partial charge in [-0.15, -0.1) is 0 Å². The molecule has 0 aliphatic carbocycles. The van der Waals surface area contributed by atoms with Gasteiger partial charge in [0.05, 0.1) is 12.8 Å². The molecule has 0 atom stereocenters. The lowest BCUT2D eigenvalue weighted by Crippen LogP contribution is -2.26. The Morgan fingerprint density at radius 1 is 1.03 bits per heavy atom. The maximum atomic E-state index is 12.6. The highest BCUT2D eigenvalue weighted by Crippen LogP contribution is 2.15. The number of nitrogens with one attached hydrogen (secondary N) is 1. The second-order valence-electron chi connectivity index (χ2n) is 6.76. The molecule has 0 saturated heterocycles. The van der Waals surface area contributed by atoms with Crippen LogP contribution < -0.4 is 10.1 Å². The maximum absolute atomic E-state index is 12.6. The topological polar surface area (TPSA) is 59.4 Å². The second-order valence-corrected chi connectivity index (χ2v) is 6.76. The van der Waals surface area contributed by atoms with Gasteiger partial charge in [-0.25, -0.2) is 4.68 Å². The second kappa shape index (κ2) is 9.89. The number of benzene rings is 2. The van der Waals surface area contributed by atoms with E-state index in [0.29, 0.717) is 12.2 Å². The predicted molar refractivity (Wildman–Crippen MR) is 114 cm³/mol. The molecule has 6 nitrogen and oxygen atoms in total. The summed E-state index contributed by atoms with van der Waals surface area (Å²) in [4.78, 5) is 14.9. The van der Waals surface area contributed by atoms with Gasteiger partial charge in [0.2, 0.25) is 0 Å². The Balaban J connectivity index is 1.65. The number of aromatic nitrogens is 2. The van der Waals surface area contributed by atoms with Crippen LogP contribution in [0, 0.1) is 0 Å². The third kappa shape index (κ3) is 5.23. The number of hydrogen-bond acceptors (Lipinski definition) is 4. The molecule has 3 rings (SSSR count). The number of nitrogens with zero attached hydrogens (tertiary/aromatic N) is 3. The highest BCUT2D eigenvalue weighted by molar-refractivity contribution is 5.92. The van der Waals surface area contributed by atoms with Crippen molar-refractivity contribution in [2.24, 2.45) is 0 Å². The van der Waals surface area contributed by atoms with Crippen LogP contribution in [0.3, 0.4) is 0 Å². The number of ether oxygens (including phenoxy) is 1. The van der Waals surface area contributed by atoms with Gasteiger partial charge < -0.3 is 10.1 Å². The van der Waals surface area contributed by atoms with Crippen molar-refractivity contribution >= 4 is 5.91 Å². The van der Waals surface area contributed by atoms with Gasteiger partial charge in [-0.1, -0.05) is 38.1 Å². The highest BCUT2D eigenvalue weighted by atomic mass is 16.5. The fraction of sp³-hybridized carbons (Fsp3) is 0.304. The number of carbonyl (C=O) groups excluding carboxylic acids is 1. The van der Waals surface area contributed by atoms with E-state index in [-0.39, 0.29) is 5.91 Å². The van der Waals surface area contributed by atoms with Crippen LogP contribution in [-0.4, -0.2) is 40.8 Å². The minimum absolute atomic E-state index is 0.185. The summed E-state index contributed by atoms with van der Waals surface area (Å²) in [6, 6.07) is 17.5. The first-order valence-electron chi connectivity index (χ1n) is 9.92. The van der Waals surface area contributed by atoms with Crippen molar-refractivity contribution in [3.63, 3.8) is 0 Å². The molecule has 1 heterocycles. The van der Waals surface area contributed by atoms with E-state index in [0.717, 1.165) is 36.6 Å². The summed E-state index contributed by atoms with van der Waals surface area (Å²) in [6.07, 6.45) is 1.78. The quantitative estimate of drug-likeness (QED) is 0.604.